The van der Waals surface area contributed by atoms with Crippen molar-refractivity contribution in [2.24, 2.45) is 5.92 Å². The lowest BCUT2D eigenvalue weighted by molar-refractivity contribution is -0.141. The van der Waals surface area contributed by atoms with E-state index in [1.165, 1.54) is 6.92 Å². The quantitative estimate of drug-likeness (QED) is 0.800. The zero-order valence-corrected chi connectivity index (χ0v) is 12.9. The van der Waals surface area contributed by atoms with Crippen LogP contribution in [0.15, 0.2) is 0 Å². The van der Waals surface area contributed by atoms with Crippen LogP contribution in [-0.4, -0.2) is 59.7 Å². The van der Waals surface area contributed by atoms with Gasteiger partial charge < -0.3 is 15.1 Å². The number of nitrogens with one attached hydrogen (secondary N) is 1. The summed E-state index contributed by atoms with van der Waals surface area (Å²) in [5.74, 6) is 0.0479. The number of nitrogens with zero attached hydrogens (tertiary/aromatic N) is 2. The van der Waals surface area contributed by atoms with Crippen LogP contribution in [-0.2, 0) is 14.4 Å². The van der Waals surface area contributed by atoms with Gasteiger partial charge in [-0.2, -0.15) is 0 Å². The second kappa shape index (κ2) is 6.91. The zero-order valence-electron chi connectivity index (χ0n) is 12.9. The minimum absolute atomic E-state index is 0.0438. The van der Waals surface area contributed by atoms with Crippen LogP contribution < -0.4 is 5.32 Å². The average Bonchev–Trinajstić information content (AvgIpc) is 2.46. The Labute approximate surface area is 125 Å². The smallest absolute Gasteiger partial charge is 0.227 e. The molecule has 0 radical (unpaired) electrons. The zero-order chi connectivity index (χ0) is 15.4. The van der Waals surface area contributed by atoms with E-state index in [-0.39, 0.29) is 29.7 Å². The molecule has 2 atom stereocenters. The molecule has 118 valence electrons. The predicted molar refractivity (Wildman–Crippen MR) is 78.4 cm³/mol. The molecule has 0 aromatic carbocycles. The fourth-order valence-corrected chi connectivity index (χ4v) is 3.31. The van der Waals surface area contributed by atoms with E-state index in [4.69, 9.17) is 0 Å². The molecule has 0 spiro atoms. The molecule has 2 fully saturated rings. The van der Waals surface area contributed by atoms with E-state index in [0.29, 0.717) is 13.1 Å². The summed E-state index contributed by atoms with van der Waals surface area (Å²) in [6.07, 6.45) is 3.58. The van der Waals surface area contributed by atoms with Crippen LogP contribution in [0.25, 0.3) is 0 Å². The molecule has 0 bridgehead atoms. The highest BCUT2D eigenvalue weighted by atomic mass is 16.2. The number of piperidine rings is 2. The predicted octanol–water partition coefficient (Wildman–Crippen LogP) is 0.372. The first kappa shape index (κ1) is 15.8. The van der Waals surface area contributed by atoms with Crippen LogP contribution in [0.4, 0.5) is 0 Å². The number of rotatable bonds is 2. The van der Waals surface area contributed by atoms with E-state index in [1.54, 1.807) is 11.8 Å². The normalized spacial score (nSPS) is 26.4. The number of carbonyl (C=O) groups excluding carboxylic acids is 3. The Morgan fingerprint density at radius 1 is 0.952 bits per heavy atom. The first-order valence-corrected chi connectivity index (χ1v) is 7.78. The van der Waals surface area contributed by atoms with Gasteiger partial charge in [0.1, 0.15) is 0 Å². The molecule has 6 heteroatoms. The van der Waals surface area contributed by atoms with Gasteiger partial charge in [-0.25, -0.2) is 0 Å². The highest BCUT2D eigenvalue weighted by Gasteiger charge is 2.32. The fraction of sp³-hybridized carbons (Fsp3) is 0.800. The van der Waals surface area contributed by atoms with Crippen molar-refractivity contribution in [3.05, 3.63) is 0 Å². The van der Waals surface area contributed by atoms with Gasteiger partial charge in [-0.15, -0.1) is 0 Å². The molecule has 2 aliphatic rings. The van der Waals surface area contributed by atoms with Crippen LogP contribution in [0.1, 0.15) is 39.5 Å². The van der Waals surface area contributed by atoms with Crippen LogP contribution in [0.3, 0.4) is 0 Å². The van der Waals surface area contributed by atoms with Crippen molar-refractivity contribution in [3.8, 4) is 0 Å². The van der Waals surface area contributed by atoms with Gasteiger partial charge in [0.2, 0.25) is 17.7 Å². The van der Waals surface area contributed by atoms with Crippen molar-refractivity contribution in [2.45, 2.75) is 45.6 Å². The average molecular weight is 295 g/mol. The van der Waals surface area contributed by atoms with Gasteiger partial charge >= 0.3 is 0 Å². The molecule has 3 amide bonds. The Hall–Kier alpha value is -1.59. The Balaban J connectivity index is 1.92. The maximum absolute atomic E-state index is 12.6. The molecular weight excluding hydrogens is 270 g/mol. The third-order valence-electron chi connectivity index (χ3n) is 4.36. The molecule has 6 nitrogen and oxygen atoms in total. The lowest BCUT2D eigenvalue weighted by Crippen LogP contribution is -2.53. The third kappa shape index (κ3) is 4.19. The topological polar surface area (TPSA) is 69.7 Å². The lowest BCUT2D eigenvalue weighted by Gasteiger charge is -2.38. The molecule has 21 heavy (non-hydrogen) atoms. The molecule has 0 saturated carbocycles. The summed E-state index contributed by atoms with van der Waals surface area (Å²) in [5, 5.41) is 2.90. The summed E-state index contributed by atoms with van der Waals surface area (Å²) < 4.78 is 0. The molecule has 2 saturated heterocycles. The summed E-state index contributed by atoms with van der Waals surface area (Å²) in [6, 6.07) is 0.0627. The minimum atomic E-state index is -0.0845. The first-order valence-electron chi connectivity index (χ1n) is 7.78. The molecule has 2 aliphatic heterocycles. The van der Waals surface area contributed by atoms with Crippen molar-refractivity contribution in [3.63, 3.8) is 0 Å². The standard InChI is InChI=1S/C15H25N3O3/c1-11(19)16-14-6-4-8-18(10-14)15(21)13-5-3-7-17(9-13)12(2)20/h13-14H,3-10H2,1-2H3,(H,16,19)/t13-,14+/m0/s1. The molecule has 0 aliphatic carbocycles. The number of hydrogen-bond acceptors (Lipinski definition) is 3. The van der Waals surface area contributed by atoms with Gasteiger partial charge in [0.25, 0.3) is 0 Å². The van der Waals surface area contributed by atoms with Crippen LogP contribution in [0.5, 0.6) is 0 Å². The lowest BCUT2D eigenvalue weighted by atomic mass is 9.95. The third-order valence-corrected chi connectivity index (χ3v) is 4.36. The molecule has 1 N–H and O–H groups in total. The maximum atomic E-state index is 12.6. The highest BCUT2D eigenvalue weighted by Crippen LogP contribution is 2.21. The van der Waals surface area contributed by atoms with Crippen molar-refractivity contribution in [1.29, 1.82) is 0 Å². The van der Waals surface area contributed by atoms with Gasteiger partial charge in [-0.05, 0) is 25.7 Å². The Kier molecular flexibility index (Phi) is 5.20. The summed E-state index contributed by atoms with van der Waals surface area (Å²) >= 11 is 0. The van der Waals surface area contributed by atoms with E-state index in [9.17, 15) is 14.4 Å². The fourth-order valence-electron chi connectivity index (χ4n) is 3.31. The van der Waals surface area contributed by atoms with Gasteiger partial charge in [-0.1, -0.05) is 0 Å². The van der Waals surface area contributed by atoms with Crippen LogP contribution >= 0.6 is 0 Å². The SMILES string of the molecule is CC(=O)N[C@@H]1CCCN(C(=O)[C@H]2CCCN(C(C)=O)C2)C1. The first-order chi connectivity index (χ1) is 9.97. The Morgan fingerprint density at radius 2 is 1.62 bits per heavy atom. The Morgan fingerprint density at radius 3 is 2.29 bits per heavy atom. The largest absolute Gasteiger partial charge is 0.352 e. The van der Waals surface area contributed by atoms with Gasteiger partial charge in [0, 0.05) is 46.1 Å². The van der Waals surface area contributed by atoms with E-state index in [0.717, 1.165) is 38.8 Å². The van der Waals surface area contributed by atoms with Crippen molar-refractivity contribution in [1.82, 2.24) is 15.1 Å². The van der Waals surface area contributed by atoms with Gasteiger partial charge in [0.15, 0.2) is 0 Å². The van der Waals surface area contributed by atoms with E-state index in [1.807, 2.05) is 4.90 Å². The molecule has 0 unspecified atom stereocenters. The number of amides is 3. The summed E-state index contributed by atoms with van der Waals surface area (Å²) in [4.78, 5) is 38.9. The molecule has 2 rings (SSSR count). The van der Waals surface area contributed by atoms with E-state index in [2.05, 4.69) is 5.32 Å². The molecular formula is C15H25N3O3. The second-order valence-electron chi connectivity index (χ2n) is 6.13. The van der Waals surface area contributed by atoms with E-state index < -0.39 is 0 Å². The monoisotopic (exact) mass is 295 g/mol. The minimum Gasteiger partial charge on any atom is -0.352 e. The highest BCUT2D eigenvalue weighted by molar-refractivity contribution is 5.81. The summed E-state index contributed by atoms with van der Waals surface area (Å²) in [5.41, 5.74) is 0. The van der Waals surface area contributed by atoms with Crippen LogP contribution in [0.2, 0.25) is 0 Å². The van der Waals surface area contributed by atoms with Gasteiger partial charge in [0.05, 0.1) is 5.92 Å². The van der Waals surface area contributed by atoms with E-state index >= 15 is 0 Å². The summed E-state index contributed by atoms with van der Waals surface area (Å²) in [7, 11) is 0. The van der Waals surface area contributed by atoms with Crippen molar-refractivity contribution >= 4 is 17.7 Å². The van der Waals surface area contributed by atoms with Crippen molar-refractivity contribution in [2.75, 3.05) is 26.2 Å². The molecule has 2 heterocycles. The molecule has 0 aromatic heterocycles. The maximum Gasteiger partial charge on any atom is 0.227 e. The second-order valence-corrected chi connectivity index (χ2v) is 6.13. The van der Waals surface area contributed by atoms with Crippen molar-refractivity contribution < 1.29 is 14.4 Å². The Bertz CT molecular complexity index is 424. The van der Waals surface area contributed by atoms with Crippen LogP contribution in [0, 0.1) is 5.92 Å². The number of likely N-dealkylation sites (tertiary alicyclic amines) is 2. The molecule has 0 aromatic rings. The number of carbonyl (C=O) groups is 3. The van der Waals surface area contributed by atoms with Gasteiger partial charge in [-0.3, -0.25) is 14.4 Å². The summed E-state index contributed by atoms with van der Waals surface area (Å²) in [6.45, 7) is 5.71. The number of hydrogen-bond donors (Lipinski definition) is 1.